The van der Waals surface area contributed by atoms with Crippen LogP contribution in [-0.4, -0.2) is 40.7 Å². The molecule has 0 aliphatic carbocycles. The highest BCUT2D eigenvalue weighted by Gasteiger charge is 2.34. The number of piperazine rings is 1. The van der Waals surface area contributed by atoms with E-state index in [1.807, 2.05) is 0 Å². The molecule has 1 fully saturated rings. The van der Waals surface area contributed by atoms with E-state index in [0.717, 1.165) is 0 Å². The lowest BCUT2D eigenvalue weighted by Crippen LogP contribution is -2.58. The maximum absolute atomic E-state index is 11.8. The van der Waals surface area contributed by atoms with E-state index in [1.165, 1.54) is 11.2 Å². The summed E-state index contributed by atoms with van der Waals surface area (Å²) in [5, 5.41) is 2.24. The fourth-order valence-corrected chi connectivity index (χ4v) is 2.16. The third kappa shape index (κ3) is 2.41. The average Bonchev–Trinajstić information content (AvgIpc) is 2.37. The molecule has 0 radical (unpaired) electrons. The van der Waals surface area contributed by atoms with Gasteiger partial charge in [0.25, 0.3) is 0 Å². The molecule has 1 aromatic rings. The Morgan fingerprint density at radius 2 is 2.26 bits per heavy atom. The molecule has 1 N–H and O–H groups in total. The molecule has 100 valence electrons. The van der Waals surface area contributed by atoms with Gasteiger partial charge in [-0.15, -0.1) is 0 Å². The lowest BCUT2D eigenvalue weighted by Gasteiger charge is -2.34. The van der Waals surface area contributed by atoms with Gasteiger partial charge in [0.2, 0.25) is 11.8 Å². The molecule has 0 aromatic carbocycles. The van der Waals surface area contributed by atoms with Crippen LogP contribution in [0, 0.1) is 0 Å². The van der Waals surface area contributed by atoms with Crippen molar-refractivity contribution in [1.29, 1.82) is 0 Å². The SMILES string of the molecule is CCC1C(=O)NC(=O)CN1c1ncnc(Cl)c1C=O. The summed E-state index contributed by atoms with van der Waals surface area (Å²) in [6.07, 6.45) is 2.18. The number of aromatic nitrogens is 2. The van der Waals surface area contributed by atoms with E-state index in [0.29, 0.717) is 12.7 Å². The van der Waals surface area contributed by atoms with Crippen LogP contribution in [0.2, 0.25) is 5.15 Å². The second kappa shape index (κ2) is 5.31. The monoisotopic (exact) mass is 282 g/mol. The highest BCUT2D eigenvalue weighted by Crippen LogP contribution is 2.25. The standard InChI is InChI=1S/C11H11ClN4O3/c1-2-7-11(19)15-8(18)3-16(7)10-6(4-17)9(12)13-5-14-10/h4-5,7H,2-3H2,1H3,(H,15,18,19). The minimum atomic E-state index is -0.567. The molecule has 0 saturated carbocycles. The maximum Gasteiger partial charge on any atom is 0.249 e. The number of carbonyl (C=O) groups is 3. The van der Waals surface area contributed by atoms with Gasteiger partial charge >= 0.3 is 0 Å². The van der Waals surface area contributed by atoms with E-state index < -0.39 is 17.9 Å². The summed E-state index contributed by atoms with van der Waals surface area (Å²) in [7, 11) is 0. The molecule has 19 heavy (non-hydrogen) atoms. The molecule has 1 saturated heterocycles. The van der Waals surface area contributed by atoms with Crippen LogP contribution in [0.1, 0.15) is 23.7 Å². The molecule has 0 spiro atoms. The van der Waals surface area contributed by atoms with E-state index in [4.69, 9.17) is 11.6 Å². The molecule has 2 rings (SSSR count). The summed E-state index contributed by atoms with van der Waals surface area (Å²) in [6, 6.07) is -0.567. The van der Waals surface area contributed by atoms with Crippen LogP contribution >= 0.6 is 11.6 Å². The van der Waals surface area contributed by atoms with Crippen LogP contribution in [0.25, 0.3) is 0 Å². The second-order valence-electron chi connectivity index (χ2n) is 3.98. The van der Waals surface area contributed by atoms with E-state index in [9.17, 15) is 14.4 Å². The molecule has 0 bridgehead atoms. The number of nitrogens with one attached hydrogen (secondary N) is 1. The van der Waals surface area contributed by atoms with E-state index in [1.54, 1.807) is 6.92 Å². The van der Waals surface area contributed by atoms with Gasteiger partial charge in [-0.25, -0.2) is 9.97 Å². The molecular weight excluding hydrogens is 272 g/mol. The Bertz CT molecular complexity index is 549. The summed E-state index contributed by atoms with van der Waals surface area (Å²) >= 11 is 5.82. The quantitative estimate of drug-likeness (QED) is 0.483. The maximum atomic E-state index is 11.8. The zero-order chi connectivity index (χ0) is 14.0. The highest BCUT2D eigenvalue weighted by molar-refractivity contribution is 6.32. The van der Waals surface area contributed by atoms with Crippen LogP contribution in [0.3, 0.4) is 0 Å². The minimum Gasteiger partial charge on any atom is -0.335 e. The van der Waals surface area contributed by atoms with Gasteiger partial charge in [0.15, 0.2) is 6.29 Å². The summed E-state index contributed by atoms with van der Waals surface area (Å²) < 4.78 is 0. The molecule has 1 aliphatic heterocycles. The minimum absolute atomic E-state index is 0.00622. The predicted octanol–water partition coefficient (Wildman–Crippen LogP) is 0.184. The van der Waals surface area contributed by atoms with Gasteiger partial charge in [-0.1, -0.05) is 18.5 Å². The fraction of sp³-hybridized carbons (Fsp3) is 0.364. The topological polar surface area (TPSA) is 92.3 Å². The molecule has 1 atom stereocenters. The molecule has 1 aliphatic rings. The Hall–Kier alpha value is -2.02. The highest BCUT2D eigenvalue weighted by atomic mass is 35.5. The predicted molar refractivity (Wildman–Crippen MR) is 67.0 cm³/mol. The number of halogens is 1. The van der Waals surface area contributed by atoms with E-state index >= 15 is 0 Å². The van der Waals surface area contributed by atoms with Crippen LogP contribution in [0.15, 0.2) is 6.33 Å². The van der Waals surface area contributed by atoms with Crippen molar-refractivity contribution in [3.8, 4) is 0 Å². The van der Waals surface area contributed by atoms with Gasteiger partial charge < -0.3 is 4.90 Å². The van der Waals surface area contributed by atoms with Crippen LogP contribution in [-0.2, 0) is 9.59 Å². The number of anilines is 1. The van der Waals surface area contributed by atoms with Crippen molar-refractivity contribution in [1.82, 2.24) is 15.3 Å². The molecule has 1 aromatic heterocycles. The van der Waals surface area contributed by atoms with Crippen molar-refractivity contribution in [2.75, 3.05) is 11.4 Å². The van der Waals surface area contributed by atoms with E-state index in [2.05, 4.69) is 15.3 Å². The second-order valence-corrected chi connectivity index (χ2v) is 4.34. The van der Waals surface area contributed by atoms with Crippen molar-refractivity contribution >= 4 is 35.5 Å². The first-order valence-electron chi connectivity index (χ1n) is 5.64. The van der Waals surface area contributed by atoms with Crippen molar-refractivity contribution in [2.24, 2.45) is 0 Å². The molecule has 7 nitrogen and oxygen atoms in total. The molecule has 1 unspecified atom stereocenters. The first-order chi connectivity index (χ1) is 9.08. The Morgan fingerprint density at radius 3 is 2.89 bits per heavy atom. The normalized spacial score (nSPS) is 19.3. The van der Waals surface area contributed by atoms with Crippen LogP contribution < -0.4 is 10.2 Å². The van der Waals surface area contributed by atoms with Crippen molar-refractivity contribution < 1.29 is 14.4 Å². The number of hydrogen-bond acceptors (Lipinski definition) is 6. The average molecular weight is 283 g/mol. The Kier molecular flexibility index (Phi) is 3.75. The van der Waals surface area contributed by atoms with Crippen LogP contribution in [0.4, 0.5) is 5.82 Å². The Balaban J connectivity index is 2.49. The first kappa shape index (κ1) is 13.4. The van der Waals surface area contributed by atoms with E-state index in [-0.39, 0.29) is 23.1 Å². The molecule has 2 amide bonds. The van der Waals surface area contributed by atoms with Crippen LogP contribution in [0.5, 0.6) is 0 Å². The largest absolute Gasteiger partial charge is 0.335 e. The summed E-state index contributed by atoms with van der Waals surface area (Å²) in [5.74, 6) is -0.656. The van der Waals surface area contributed by atoms with Gasteiger partial charge in [0.05, 0.1) is 12.1 Å². The number of aldehydes is 1. The number of amides is 2. The summed E-state index contributed by atoms with van der Waals surface area (Å²) in [5.41, 5.74) is 0.0742. The lowest BCUT2D eigenvalue weighted by molar-refractivity contribution is -0.132. The lowest BCUT2D eigenvalue weighted by atomic mass is 10.1. The summed E-state index contributed by atoms with van der Waals surface area (Å²) in [6.45, 7) is 1.74. The zero-order valence-corrected chi connectivity index (χ0v) is 10.8. The van der Waals surface area contributed by atoms with Gasteiger partial charge in [-0.2, -0.15) is 0 Å². The number of imide groups is 1. The fourth-order valence-electron chi connectivity index (χ4n) is 1.99. The third-order valence-electron chi connectivity index (χ3n) is 2.85. The Morgan fingerprint density at radius 1 is 1.53 bits per heavy atom. The van der Waals surface area contributed by atoms with Crippen molar-refractivity contribution in [3.63, 3.8) is 0 Å². The first-order valence-corrected chi connectivity index (χ1v) is 6.02. The molecule has 2 heterocycles. The smallest absolute Gasteiger partial charge is 0.249 e. The molecular formula is C11H11ClN4O3. The third-order valence-corrected chi connectivity index (χ3v) is 3.15. The number of hydrogen-bond donors (Lipinski definition) is 1. The molecule has 8 heteroatoms. The number of nitrogens with zero attached hydrogens (tertiary/aromatic N) is 3. The van der Waals surface area contributed by atoms with Crippen molar-refractivity contribution in [2.45, 2.75) is 19.4 Å². The van der Waals surface area contributed by atoms with Crippen molar-refractivity contribution in [3.05, 3.63) is 17.0 Å². The summed E-state index contributed by atoms with van der Waals surface area (Å²) in [4.78, 5) is 43.4. The zero-order valence-electron chi connectivity index (χ0n) is 10.1. The van der Waals surface area contributed by atoms with Gasteiger partial charge in [0, 0.05) is 0 Å². The number of carbonyl (C=O) groups excluding carboxylic acids is 3. The van der Waals surface area contributed by atoms with Gasteiger partial charge in [-0.05, 0) is 6.42 Å². The van der Waals surface area contributed by atoms with Gasteiger partial charge in [-0.3, -0.25) is 19.7 Å². The van der Waals surface area contributed by atoms with Gasteiger partial charge in [0.1, 0.15) is 23.3 Å². The number of rotatable bonds is 3. The Labute approximate surface area is 114 Å².